The first-order valence-corrected chi connectivity index (χ1v) is 11.1. The van der Waals surface area contributed by atoms with Crippen LogP contribution in [0.2, 0.25) is 0 Å². The van der Waals surface area contributed by atoms with Crippen LogP contribution in [0.15, 0.2) is 82.0 Å². The molecule has 188 valence electrons. The molecule has 1 N–H and O–H groups in total. The van der Waals surface area contributed by atoms with E-state index in [1.165, 1.54) is 18.6 Å². The second-order valence-electron chi connectivity index (χ2n) is 8.08. The number of amides is 1. The van der Waals surface area contributed by atoms with Gasteiger partial charge in [0.1, 0.15) is 17.8 Å². The summed E-state index contributed by atoms with van der Waals surface area (Å²) in [5.74, 6) is 1.09. The first-order valence-electron chi connectivity index (χ1n) is 11.1. The molecule has 0 aliphatic carbocycles. The summed E-state index contributed by atoms with van der Waals surface area (Å²) < 4.78 is 55.6. The predicted octanol–water partition coefficient (Wildman–Crippen LogP) is 5.43. The second-order valence-corrected chi connectivity index (χ2v) is 8.08. The van der Waals surface area contributed by atoms with Crippen molar-refractivity contribution >= 4 is 5.91 Å². The summed E-state index contributed by atoms with van der Waals surface area (Å²) in [6.45, 7) is 0.948. The number of ether oxygens (including phenoxy) is 1. The summed E-state index contributed by atoms with van der Waals surface area (Å²) in [4.78, 5) is 18.6. The van der Waals surface area contributed by atoms with Crippen LogP contribution >= 0.6 is 0 Å². The van der Waals surface area contributed by atoms with E-state index in [1.807, 2.05) is 29.2 Å². The van der Waals surface area contributed by atoms with Crippen molar-refractivity contribution in [3.8, 4) is 5.75 Å². The van der Waals surface area contributed by atoms with Gasteiger partial charge in [-0.3, -0.25) is 9.69 Å². The van der Waals surface area contributed by atoms with Gasteiger partial charge < -0.3 is 18.9 Å². The van der Waals surface area contributed by atoms with E-state index in [1.54, 1.807) is 25.3 Å². The number of nitrogens with one attached hydrogen (secondary N) is 1. The number of halogens is 3. The summed E-state index contributed by atoms with van der Waals surface area (Å²) in [5, 5.41) is 2.69. The molecular weight excluding hydrogens is 475 g/mol. The Labute approximate surface area is 205 Å². The maximum absolute atomic E-state index is 13.2. The molecule has 0 atom stereocenters. The van der Waals surface area contributed by atoms with Gasteiger partial charge in [-0.2, -0.15) is 13.2 Å². The molecule has 0 aliphatic heterocycles. The van der Waals surface area contributed by atoms with Crippen LogP contribution in [-0.2, 0) is 32.4 Å². The zero-order chi connectivity index (χ0) is 25.5. The standard InChI is InChI=1S/C26H24F3N3O4/c1-34-21-8-3-6-19(12-21)15-32(14-18-5-2-7-20(11-18)26(27,28)29)16-24-31-23(17-36-24)25(33)30-13-22-9-4-10-35-22/h2-12,17H,13-16H2,1H3,(H,30,33). The highest BCUT2D eigenvalue weighted by atomic mass is 19.4. The third kappa shape index (κ3) is 6.76. The van der Waals surface area contributed by atoms with Crippen molar-refractivity contribution in [3.05, 3.63) is 107 Å². The van der Waals surface area contributed by atoms with Crippen molar-refractivity contribution in [2.24, 2.45) is 0 Å². The summed E-state index contributed by atoms with van der Waals surface area (Å²) in [5.41, 5.74) is 0.755. The molecule has 2 aromatic heterocycles. The third-order valence-corrected chi connectivity index (χ3v) is 5.35. The zero-order valence-electron chi connectivity index (χ0n) is 19.4. The molecule has 2 aromatic carbocycles. The predicted molar refractivity (Wildman–Crippen MR) is 124 cm³/mol. The number of hydrogen-bond donors (Lipinski definition) is 1. The Morgan fingerprint density at radius 2 is 1.75 bits per heavy atom. The third-order valence-electron chi connectivity index (χ3n) is 5.35. The van der Waals surface area contributed by atoms with Crippen LogP contribution in [0.1, 0.15) is 38.8 Å². The van der Waals surface area contributed by atoms with E-state index in [0.29, 0.717) is 23.6 Å². The van der Waals surface area contributed by atoms with Gasteiger partial charge in [0.25, 0.3) is 5.91 Å². The second kappa shape index (κ2) is 11.1. The van der Waals surface area contributed by atoms with Gasteiger partial charge >= 0.3 is 6.18 Å². The average Bonchev–Trinajstić information content (AvgIpc) is 3.55. The maximum Gasteiger partial charge on any atom is 0.416 e. The maximum atomic E-state index is 13.2. The van der Waals surface area contributed by atoms with Crippen LogP contribution in [0.3, 0.4) is 0 Å². The highest BCUT2D eigenvalue weighted by molar-refractivity contribution is 5.91. The smallest absolute Gasteiger partial charge is 0.416 e. The molecule has 36 heavy (non-hydrogen) atoms. The molecule has 0 aliphatic rings. The quantitative estimate of drug-likeness (QED) is 0.314. The van der Waals surface area contributed by atoms with Gasteiger partial charge in [0, 0.05) is 13.1 Å². The fourth-order valence-electron chi connectivity index (χ4n) is 3.65. The SMILES string of the molecule is COc1cccc(CN(Cc2cccc(C(F)(F)F)c2)Cc2nc(C(=O)NCc3ccco3)co2)c1. The largest absolute Gasteiger partial charge is 0.497 e. The van der Waals surface area contributed by atoms with Crippen molar-refractivity contribution in [1.82, 2.24) is 15.2 Å². The van der Waals surface area contributed by atoms with Crippen molar-refractivity contribution in [2.45, 2.75) is 32.4 Å². The van der Waals surface area contributed by atoms with E-state index in [-0.39, 0.29) is 31.2 Å². The van der Waals surface area contributed by atoms with E-state index in [4.69, 9.17) is 13.6 Å². The van der Waals surface area contributed by atoms with E-state index in [9.17, 15) is 18.0 Å². The van der Waals surface area contributed by atoms with Gasteiger partial charge in [-0.1, -0.05) is 30.3 Å². The Bertz CT molecular complexity index is 1290. The number of benzene rings is 2. The first-order chi connectivity index (χ1) is 17.3. The Balaban J connectivity index is 1.50. The molecule has 0 spiro atoms. The van der Waals surface area contributed by atoms with Crippen LogP contribution in [0.5, 0.6) is 5.75 Å². The number of rotatable bonds is 10. The van der Waals surface area contributed by atoms with Crippen LogP contribution < -0.4 is 10.1 Å². The molecule has 10 heteroatoms. The van der Waals surface area contributed by atoms with Crippen molar-refractivity contribution in [2.75, 3.05) is 7.11 Å². The van der Waals surface area contributed by atoms with Gasteiger partial charge in [0.05, 0.1) is 32.0 Å². The lowest BCUT2D eigenvalue weighted by Gasteiger charge is -2.22. The zero-order valence-corrected chi connectivity index (χ0v) is 19.4. The minimum Gasteiger partial charge on any atom is -0.497 e. The molecular formula is C26H24F3N3O4. The fraction of sp³-hybridized carbons (Fsp3) is 0.231. The van der Waals surface area contributed by atoms with Crippen molar-refractivity contribution in [1.29, 1.82) is 0 Å². The van der Waals surface area contributed by atoms with Crippen LogP contribution in [0, 0.1) is 0 Å². The summed E-state index contributed by atoms with van der Waals surface area (Å²) in [6, 6.07) is 16.0. The molecule has 0 bridgehead atoms. The van der Waals surface area contributed by atoms with E-state index < -0.39 is 17.6 Å². The molecule has 0 saturated heterocycles. The van der Waals surface area contributed by atoms with Gasteiger partial charge in [-0.05, 0) is 41.5 Å². The number of carbonyl (C=O) groups excluding carboxylic acids is 1. The average molecular weight is 499 g/mol. The normalized spacial score (nSPS) is 11.6. The lowest BCUT2D eigenvalue weighted by Crippen LogP contribution is -2.24. The molecule has 2 heterocycles. The molecule has 0 radical (unpaired) electrons. The molecule has 4 rings (SSSR count). The van der Waals surface area contributed by atoms with E-state index in [2.05, 4.69) is 10.3 Å². The van der Waals surface area contributed by atoms with Crippen LogP contribution in [0.25, 0.3) is 0 Å². The summed E-state index contributed by atoms with van der Waals surface area (Å²) in [6.07, 6.45) is -1.67. The topological polar surface area (TPSA) is 80.7 Å². The number of nitrogens with zero attached hydrogens (tertiary/aromatic N) is 2. The summed E-state index contributed by atoms with van der Waals surface area (Å²) in [7, 11) is 1.56. The number of furan rings is 1. The van der Waals surface area contributed by atoms with E-state index >= 15 is 0 Å². The molecule has 0 saturated carbocycles. The minimum absolute atomic E-state index is 0.0944. The minimum atomic E-state index is -4.44. The number of aromatic nitrogens is 1. The first kappa shape index (κ1) is 25.1. The lowest BCUT2D eigenvalue weighted by atomic mass is 10.1. The highest BCUT2D eigenvalue weighted by Crippen LogP contribution is 2.30. The molecule has 0 unspecified atom stereocenters. The van der Waals surface area contributed by atoms with Crippen LogP contribution in [-0.4, -0.2) is 22.9 Å². The molecule has 4 aromatic rings. The fourth-order valence-corrected chi connectivity index (χ4v) is 3.65. The Morgan fingerprint density at radius 1 is 1.00 bits per heavy atom. The number of oxazole rings is 1. The van der Waals surface area contributed by atoms with Gasteiger partial charge in [0.2, 0.25) is 5.89 Å². The monoisotopic (exact) mass is 499 g/mol. The molecule has 0 fully saturated rings. The van der Waals surface area contributed by atoms with Crippen molar-refractivity contribution < 1.29 is 31.5 Å². The number of hydrogen-bond acceptors (Lipinski definition) is 6. The Morgan fingerprint density at radius 3 is 2.44 bits per heavy atom. The van der Waals surface area contributed by atoms with Gasteiger partial charge in [-0.25, -0.2) is 4.98 Å². The molecule has 1 amide bonds. The Kier molecular flexibility index (Phi) is 7.74. The van der Waals surface area contributed by atoms with Crippen molar-refractivity contribution in [3.63, 3.8) is 0 Å². The molecule has 7 nitrogen and oxygen atoms in total. The van der Waals surface area contributed by atoms with Crippen LogP contribution in [0.4, 0.5) is 13.2 Å². The van der Waals surface area contributed by atoms with E-state index in [0.717, 1.165) is 17.7 Å². The number of carbonyl (C=O) groups is 1. The lowest BCUT2D eigenvalue weighted by molar-refractivity contribution is -0.137. The Hall–Kier alpha value is -4.05. The highest BCUT2D eigenvalue weighted by Gasteiger charge is 2.30. The van der Waals surface area contributed by atoms with Gasteiger partial charge in [-0.15, -0.1) is 0 Å². The number of methoxy groups -OCH3 is 1. The number of alkyl halides is 3. The summed E-state index contributed by atoms with van der Waals surface area (Å²) >= 11 is 0. The van der Waals surface area contributed by atoms with Gasteiger partial charge in [0.15, 0.2) is 5.69 Å².